The number of hydrogen-bond acceptors (Lipinski definition) is 4. The van der Waals surface area contributed by atoms with E-state index in [1.165, 1.54) is 12.8 Å². The summed E-state index contributed by atoms with van der Waals surface area (Å²) >= 11 is 0. The van der Waals surface area contributed by atoms with Gasteiger partial charge < -0.3 is 5.11 Å². The average molecular weight is 310 g/mol. The zero-order valence-electron chi connectivity index (χ0n) is 12.1. The number of nitrogens with zero attached hydrogens (tertiary/aromatic N) is 2. The molecule has 0 bridgehead atoms. The molecule has 0 spiro atoms. The number of sulfonamides is 1. The first kappa shape index (κ1) is 15.0. The summed E-state index contributed by atoms with van der Waals surface area (Å²) in [5.41, 5.74) is 1.58. The van der Waals surface area contributed by atoms with Gasteiger partial charge in [-0.1, -0.05) is 24.3 Å². The lowest BCUT2D eigenvalue weighted by molar-refractivity contribution is 0.180. The largest absolute Gasteiger partial charge is 0.392 e. The second kappa shape index (κ2) is 6.04. The van der Waals surface area contributed by atoms with Gasteiger partial charge >= 0.3 is 0 Å². The van der Waals surface area contributed by atoms with E-state index in [1.807, 2.05) is 0 Å². The molecule has 1 aromatic carbocycles. The second-order valence-electron chi connectivity index (χ2n) is 5.90. The first-order valence-electron chi connectivity index (χ1n) is 7.49. The summed E-state index contributed by atoms with van der Waals surface area (Å²) in [6.45, 7) is 2.90. The predicted molar refractivity (Wildman–Crippen MR) is 81.2 cm³/mol. The van der Waals surface area contributed by atoms with E-state index >= 15 is 0 Å². The molecule has 6 heteroatoms. The maximum Gasteiger partial charge on any atom is 0.218 e. The van der Waals surface area contributed by atoms with Crippen LogP contribution in [0.15, 0.2) is 24.3 Å². The Kier molecular flexibility index (Phi) is 4.31. The maximum atomic E-state index is 12.5. The van der Waals surface area contributed by atoms with Gasteiger partial charge in [-0.2, -0.15) is 4.31 Å². The van der Waals surface area contributed by atoms with E-state index in [4.69, 9.17) is 5.11 Å². The molecule has 0 amide bonds. The summed E-state index contributed by atoms with van der Waals surface area (Å²) in [6, 6.07) is 7.82. The van der Waals surface area contributed by atoms with Gasteiger partial charge in [-0.25, -0.2) is 8.42 Å². The number of rotatable bonds is 5. The van der Waals surface area contributed by atoms with E-state index in [9.17, 15) is 8.42 Å². The molecular formula is C15H22N2O3S. The van der Waals surface area contributed by atoms with E-state index in [0.717, 1.165) is 24.2 Å². The van der Waals surface area contributed by atoms with Crippen molar-refractivity contribution in [2.45, 2.75) is 31.2 Å². The first-order valence-corrected chi connectivity index (χ1v) is 9.10. The van der Waals surface area contributed by atoms with E-state index in [0.29, 0.717) is 19.1 Å². The Morgan fingerprint density at radius 2 is 1.57 bits per heavy atom. The third-order valence-electron chi connectivity index (χ3n) is 4.28. The lowest BCUT2D eigenvalue weighted by Gasteiger charge is -2.34. The fourth-order valence-electron chi connectivity index (χ4n) is 2.83. The van der Waals surface area contributed by atoms with Gasteiger partial charge in [-0.05, 0) is 24.0 Å². The molecule has 1 heterocycles. The Bertz CT molecular complexity index is 573. The summed E-state index contributed by atoms with van der Waals surface area (Å²) in [6.07, 6.45) is 2.54. The van der Waals surface area contributed by atoms with Crippen molar-refractivity contribution in [3.8, 4) is 0 Å². The quantitative estimate of drug-likeness (QED) is 0.873. The lowest BCUT2D eigenvalue weighted by Crippen LogP contribution is -2.49. The Morgan fingerprint density at radius 3 is 2.10 bits per heavy atom. The minimum atomic E-state index is -3.24. The zero-order valence-corrected chi connectivity index (χ0v) is 12.9. The van der Waals surface area contributed by atoms with Crippen LogP contribution < -0.4 is 0 Å². The zero-order chi connectivity index (χ0) is 14.9. The van der Waals surface area contributed by atoms with E-state index in [1.54, 1.807) is 28.6 Å². The summed E-state index contributed by atoms with van der Waals surface area (Å²) in [5.74, 6) is 0.0438. The Labute approximate surface area is 126 Å². The normalized spacial score (nSPS) is 21.6. The molecule has 2 fully saturated rings. The molecule has 21 heavy (non-hydrogen) atoms. The van der Waals surface area contributed by atoms with Crippen LogP contribution >= 0.6 is 0 Å². The van der Waals surface area contributed by atoms with Gasteiger partial charge in [-0.3, -0.25) is 4.90 Å². The number of aliphatic hydroxyl groups is 1. The molecule has 1 aromatic rings. The van der Waals surface area contributed by atoms with Crippen molar-refractivity contribution in [1.82, 2.24) is 9.21 Å². The van der Waals surface area contributed by atoms with Crippen LogP contribution in [0.2, 0.25) is 0 Å². The minimum absolute atomic E-state index is 0.0177. The van der Waals surface area contributed by atoms with Crippen LogP contribution in [0.25, 0.3) is 0 Å². The van der Waals surface area contributed by atoms with Gasteiger partial charge in [0.25, 0.3) is 0 Å². The van der Waals surface area contributed by atoms with Crippen molar-refractivity contribution in [3.05, 3.63) is 35.4 Å². The first-order chi connectivity index (χ1) is 10.1. The summed E-state index contributed by atoms with van der Waals surface area (Å²) in [7, 11) is -3.24. The van der Waals surface area contributed by atoms with Crippen LogP contribution in [0.5, 0.6) is 0 Å². The highest BCUT2D eigenvalue weighted by molar-refractivity contribution is 7.88. The number of benzene rings is 1. The monoisotopic (exact) mass is 310 g/mol. The van der Waals surface area contributed by atoms with Crippen molar-refractivity contribution in [2.24, 2.45) is 0 Å². The predicted octanol–water partition coefficient (Wildman–Crippen LogP) is 0.789. The SMILES string of the molecule is O=S(=O)(Cc1ccc(CO)cc1)N1CCN(C2CC2)CC1. The highest BCUT2D eigenvalue weighted by Gasteiger charge is 2.34. The smallest absolute Gasteiger partial charge is 0.218 e. The van der Waals surface area contributed by atoms with E-state index in [-0.39, 0.29) is 12.4 Å². The molecule has 0 radical (unpaired) electrons. The Morgan fingerprint density at radius 1 is 1.00 bits per heavy atom. The van der Waals surface area contributed by atoms with Gasteiger partial charge in [0, 0.05) is 32.2 Å². The van der Waals surface area contributed by atoms with Gasteiger partial charge in [0.05, 0.1) is 12.4 Å². The molecule has 0 atom stereocenters. The minimum Gasteiger partial charge on any atom is -0.392 e. The molecule has 0 aromatic heterocycles. The third kappa shape index (κ3) is 3.63. The van der Waals surface area contributed by atoms with Crippen LogP contribution in [-0.2, 0) is 22.4 Å². The topological polar surface area (TPSA) is 60.9 Å². The third-order valence-corrected chi connectivity index (χ3v) is 6.13. The average Bonchev–Trinajstić information content (AvgIpc) is 3.32. The van der Waals surface area contributed by atoms with Crippen LogP contribution in [0, 0.1) is 0 Å². The van der Waals surface area contributed by atoms with Crippen molar-refractivity contribution in [2.75, 3.05) is 26.2 Å². The molecule has 3 rings (SSSR count). The molecule has 1 saturated heterocycles. The number of aliphatic hydroxyl groups excluding tert-OH is 1. The Hall–Kier alpha value is -0.950. The van der Waals surface area contributed by atoms with Crippen molar-refractivity contribution >= 4 is 10.0 Å². The molecule has 5 nitrogen and oxygen atoms in total. The fourth-order valence-corrected chi connectivity index (χ4v) is 4.35. The highest BCUT2D eigenvalue weighted by atomic mass is 32.2. The molecule has 1 aliphatic heterocycles. The highest BCUT2D eigenvalue weighted by Crippen LogP contribution is 2.28. The number of piperazine rings is 1. The molecular weight excluding hydrogens is 288 g/mol. The molecule has 2 aliphatic rings. The van der Waals surface area contributed by atoms with Crippen LogP contribution in [0.3, 0.4) is 0 Å². The van der Waals surface area contributed by atoms with Gasteiger partial charge in [0.2, 0.25) is 10.0 Å². The number of hydrogen-bond donors (Lipinski definition) is 1. The molecule has 1 saturated carbocycles. The summed E-state index contributed by atoms with van der Waals surface area (Å²) in [5, 5.41) is 9.01. The molecule has 116 valence electrons. The molecule has 1 aliphatic carbocycles. The standard InChI is InChI=1S/C15H22N2O3S/c18-11-13-1-3-14(4-2-13)12-21(19,20)17-9-7-16(8-10-17)15-5-6-15/h1-4,15,18H,5-12H2. The molecule has 0 unspecified atom stereocenters. The fraction of sp³-hybridized carbons (Fsp3) is 0.600. The van der Waals surface area contributed by atoms with Crippen molar-refractivity contribution < 1.29 is 13.5 Å². The van der Waals surface area contributed by atoms with Gasteiger partial charge in [0.1, 0.15) is 0 Å². The van der Waals surface area contributed by atoms with E-state index < -0.39 is 10.0 Å². The Balaban J connectivity index is 1.60. The maximum absolute atomic E-state index is 12.5. The van der Waals surface area contributed by atoms with Crippen molar-refractivity contribution in [1.29, 1.82) is 0 Å². The van der Waals surface area contributed by atoms with Crippen LogP contribution in [0.1, 0.15) is 24.0 Å². The summed E-state index contributed by atoms with van der Waals surface area (Å²) < 4.78 is 26.5. The lowest BCUT2D eigenvalue weighted by atomic mass is 10.2. The summed E-state index contributed by atoms with van der Waals surface area (Å²) in [4.78, 5) is 2.40. The van der Waals surface area contributed by atoms with Crippen molar-refractivity contribution in [3.63, 3.8) is 0 Å². The van der Waals surface area contributed by atoms with Gasteiger partial charge in [-0.15, -0.1) is 0 Å². The molecule has 1 N–H and O–H groups in total. The van der Waals surface area contributed by atoms with E-state index in [2.05, 4.69) is 4.90 Å². The van der Waals surface area contributed by atoms with Crippen LogP contribution in [-0.4, -0.2) is 55.0 Å². The van der Waals surface area contributed by atoms with Gasteiger partial charge in [0.15, 0.2) is 0 Å². The van der Waals surface area contributed by atoms with Crippen LogP contribution in [0.4, 0.5) is 0 Å². The second-order valence-corrected chi connectivity index (χ2v) is 7.87.